The lowest BCUT2D eigenvalue weighted by molar-refractivity contribution is -0.384. The van der Waals surface area contributed by atoms with Gasteiger partial charge < -0.3 is 9.80 Å². The quantitative estimate of drug-likeness (QED) is 0.322. The molecule has 35 heavy (non-hydrogen) atoms. The van der Waals surface area contributed by atoms with Gasteiger partial charge in [0, 0.05) is 48.4 Å². The number of nitro groups is 1. The van der Waals surface area contributed by atoms with Gasteiger partial charge in [-0.25, -0.2) is 4.68 Å². The van der Waals surface area contributed by atoms with E-state index in [2.05, 4.69) is 35.8 Å². The van der Waals surface area contributed by atoms with E-state index in [1.807, 2.05) is 37.4 Å². The topological polar surface area (TPSA) is 84.5 Å². The Bertz CT molecular complexity index is 1480. The monoisotopic (exact) mass is 469 g/mol. The number of nitro benzene ring substituents is 1. The van der Waals surface area contributed by atoms with Crippen molar-refractivity contribution in [1.29, 1.82) is 0 Å². The highest BCUT2D eigenvalue weighted by atomic mass is 16.6. The molecule has 0 saturated carbocycles. The predicted octanol–water partition coefficient (Wildman–Crippen LogP) is 4.54. The van der Waals surface area contributed by atoms with Crippen LogP contribution in [0.25, 0.3) is 22.0 Å². The lowest BCUT2D eigenvalue weighted by Gasteiger charge is -2.41. The predicted molar refractivity (Wildman–Crippen MR) is 138 cm³/mol. The first-order chi connectivity index (χ1) is 16.8. The molecule has 1 saturated heterocycles. The zero-order valence-electron chi connectivity index (χ0n) is 20.0. The van der Waals surface area contributed by atoms with E-state index >= 15 is 0 Å². The van der Waals surface area contributed by atoms with E-state index in [0.717, 1.165) is 34.4 Å². The number of rotatable bonds is 4. The van der Waals surface area contributed by atoms with Crippen molar-refractivity contribution in [1.82, 2.24) is 14.7 Å². The third-order valence-corrected chi connectivity index (χ3v) is 6.84. The molecule has 8 heteroatoms. The lowest BCUT2D eigenvalue weighted by atomic mass is 10.0. The van der Waals surface area contributed by atoms with Crippen molar-refractivity contribution in [2.45, 2.75) is 20.0 Å². The highest BCUT2D eigenvalue weighted by molar-refractivity contribution is 5.93. The fraction of sp³-hybridized carbons (Fsp3) is 0.259. The maximum atomic E-state index is 13.7. The summed E-state index contributed by atoms with van der Waals surface area (Å²) < 4.78 is 1.59. The van der Waals surface area contributed by atoms with Gasteiger partial charge in [0.25, 0.3) is 11.2 Å². The number of piperazine rings is 1. The Morgan fingerprint density at radius 2 is 1.66 bits per heavy atom. The molecule has 1 fully saturated rings. The second kappa shape index (κ2) is 8.96. The highest BCUT2D eigenvalue weighted by Crippen LogP contribution is 2.30. The molecular weight excluding hydrogens is 442 g/mol. The zero-order chi connectivity index (χ0) is 24.7. The summed E-state index contributed by atoms with van der Waals surface area (Å²) in [5.74, 6) is 0. The summed E-state index contributed by atoms with van der Waals surface area (Å²) in [5, 5.41) is 17.5. The van der Waals surface area contributed by atoms with Crippen molar-refractivity contribution >= 4 is 22.1 Å². The Hall–Kier alpha value is -4.04. The first-order valence-corrected chi connectivity index (χ1v) is 11.6. The summed E-state index contributed by atoms with van der Waals surface area (Å²) in [4.78, 5) is 28.7. The van der Waals surface area contributed by atoms with Crippen LogP contribution >= 0.6 is 0 Å². The smallest absolute Gasteiger partial charge is 0.276 e. The van der Waals surface area contributed by atoms with Crippen molar-refractivity contribution in [2.24, 2.45) is 0 Å². The lowest BCUT2D eigenvalue weighted by Crippen LogP contribution is -2.52. The summed E-state index contributed by atoms with van der Waals surface area (Å²) in [6.45, 7) is 6.21. The fourth-order valence-electron chi connectivity index (χ4n) is 4.68. The molecule has 3 aromatic carbocycles. The van der Waals surface area contributed by atoms with Gasteiger partial charge in [0.05, 0.1) is 16.0 Å². The molecule has 0 radical (unpaired) electrons. The van der Waals surface area contributed by atoms with Crippen molar-refractivity contribution < 1.29 is 4.92 Å². The van der Waals surface area contributed by atoms with Crippen LogP contribution < -0.4 is 10.5 Å². The Morgan fingerprint density at radius 1 is 0.943 bits per heavy atom. The fourth-order valence-corrected chi connectivity index (χ4v) is 4.68. The van der Waals surface area contributed by atoms with Gasteiger partial charge in [0.15, 0.2) is 0 Å². The third-order valence-electron chi connectivity index (χ3n) is 6.84. The van der Waals surface area contributed by atoms with E-state index in [0.29, 0.717) is 18.5 Å². The number of aromatic nitrogens is 2. The number of nitrogens with zero attached hydrogens (tertiary/aromatic N) is 5. The van der Waals surface area contributed by atoms with Crippen LogP contribution in [-0.2, 0) is 0 Å². The van der Waals surface area contributed by atoms with Crippen LogP contribution in [0.2, 0.25) is 0 Å². The maximum Gasteiger partial charge on any atom is 0.276 e. The first kappa shape index (κ1) is 22.7. The van der Waals surface area contributed by atoms with Crippen LogP contribution in [0.15, 0.2) is 71.5 Å². The number of hydrogen-bond donors (Lipinski definition) is 0. The standard InChI is InChI=1S/C27H27N5O3/c1-18-8-9-20(16-19(18)2)26-23-6-4-5-7-24(23)27(33)31(28-26)25-17-29(3)14-15-30(25)21-10-12-22(13-11-21)32(34)35/h4-13,16,25H,14-15,17H2,1-3H3. The van der Waals surface area contributed by atoms with Crippen LogP contribution in [-0.4, -0.2) is 46.3 Å². The van der Waals surface area contributed by atoms with E-state index in [1.54, 1.807) is 16.8 Å². The molecule has 1 aliphatic rings. The largest absolute Gasteiger partial charge is 0.347 e. The second-order valence-corrected chi connectivity index (χ2v) is 9.15. The Labute approximate surface area is 203 Å². The van der Waals surface area contributed by atoms with Gasteiger partial charge in [-0.15, -0.1) is 0 Å². The van der Waals surface area contributed by atoms with E-state index in [4.69, 9.17) is 5.10 Å². The average molecular weight is 470 g/mol. The molecule has 0 amide bonds. The number of likely N-dealkylation sites (N-methyl/N-ethyl adjacent to an activating group) is 1. The van der Waals surface area contributed by atoms with Gasteiger partial charge >= 0.3 is 0 Å². The summed E-state index contributed by atoms with van der Waals surface area (Å²) in [7, 11) is 2.02. The molecule has 0 aliphatic carbocycles. The molecule has 5 rings (SSSR count). The van der Waals surface area contributed by atoms with Crippen molar-refractivity contribution in [3.05, 3.63) is 98.3 Å². The summed E-state index contributed by atoms with van der Waals surface area (Å²) >= 11 is 0. The summed E-state index contributed by atoms with van der Waals surface area (Å²) in [5.41, 5.74) is 4.80. The summed E-state index contributed by atoms with van der Waals surface area (Å²) in [6, 6.07) is 20.3. The van der Waals surface area contributed by atoms with Gasteiger partial charge in [-0.2, -0.15) is 5.10 Å². The van der Waals surface area contributed by atoms with E-state index in [-0.39, 0.29) is 17.4 Å². The molecule has 1 atom stereocenters. The van der Waals surface area contributed by atoms with Crippen LogP contribution in [0.3, 0.4) is 0 Å². The van der Waals surface area contributed by atoms with Crippen LogP contribution in [0.4, 0.5) is 11.4 Å². The number of aryl methyl sites for hydroxylation is 2. The molecule has 8 nitrogen and oxygen atoms in total. The molecule has 0 bridgehead atoms. The Balaban J connectivity index is 1.69. The SMILES string of the molecule is Cc1ccc(-c2nn(C3CN(C)CCN3c3ccc([N+](=O)[O-])cc3)c(=O)c3ccccc23)cc1C. The molecule has 0 spiro atoms. The van der Waals surface area contributed by atoms with Crippen molar-refractivity contribution in [3.8, 4) is 11.3 Å². The van der Waals surface area contributed by atoms with Gasteiger partial charge in [-0.1, -0.05) is 30.3 Å². The van der Waals surface area contributed by atoms with Crippen LogP contribution in [0, 0.1) is 24.0 Å². The highest BCUT2D eigenvalue weighted by Gasteiger charge is 2.30. The van der Waals surface area contributed by atoms with E-state index < -0.39 is 4.92 Å². The first-order valence-electron chi connectivity index (χ1n) is 11.6. The summed E-state index contributed by atoms with van der Waals surface area (Å²) in [6.07, 6.45) is -0.363. The number of benzene rings is 3. The number of anilines is 1. The molecular formula is C27H27N5O3. The molecule has 1 unspecified atom stereocenters. The molecule has 1 aliphatic heterocycles. The van der Waals surface area contributed by atoms with E-state index in [9.17, 15) is 14.9 Å². The molecule has 1 aromatic heterocycles. The number of fused-ring (bicyclic) bond motifs is 1. The third kappa shape index (κ3) is 4.17. The average Bonchev–Trinajstić information content (AvgIpc) is 2.86. The van der Waals surface area contributed by atoms with Gasteiger partial charge in [0.1, 0.15) is 6.17 Å². The molecule has 0 N–H and O–H groups in total. The minimum absolute atomic E-state index is 0.0393. The van der Waals surface area contributed by atoms with Crippen molar-refractivity contribution in [2.75, 3.05) is 31.6 Å². The zero-order valence-corrected chi connectivity index (χ0v) is 20.0. The van der Waals surface area contributed by atoms with Crippen molar-refractivity contribution in [3.63, 3.8) is 0 Å². The molecule has 4 aromatic rings. The number of non-ortho nitro benzene ring substituents is 1. The van der Waals surface area contributed by atoms with Gasteiger partial charge in [-0.3, -0.25) is 14.9 Å². The Morgan fingerprint density at radius 3 is 2.34 bits per heavy atom. The normalized spacial score (nSPS) is 16.5. The van der Waals surface area contributed by atoms with E-state index in [1.165, 1.54) is 17.7 Å². The Kier molecular flexibility index (Phi) is 5.82. The van der Waals surface area contributed by atoms with Gasteiger partial charge in [0.2, 0.25) is 0 Å². The molecule has 2 heterocycles. The van der Waals surface area contributed by atoms with Gasteiger partial charge in [-0.05, 0) is 56.3 Å². The number of hydrogen-bond acceptors (Lipinski definition) is 6. The minimum atomic E-state index is -0.406. The molecule has 178 valence electrons. The maximum absolute atomic E-state index is 13.7. The van der Waals surface area contributed by atoms with Crippen LogP contribution in [0.1, 0.15) is 17.3 Å². The van der Waals surface area contributed by atoms with Crippen LogP contribution in [0.5, 0.6) is 0 Å². The minimum Gasteiger partial charge on any atom is -0.347 e. The second-order valence-electron chi connectivity index (χ2n) is 9.15.